The smallest absolute Gasteiger partial charge is 0.337 e. The van der Waals surface area contributed by atoms with Crippen LogP contribution in [0.15, 0.2) is 72.9 Å². The first-order chi connectivity index (χ1) is 15.5. The number of nitrogens with zero attached hydrogens (tertiary/aromatic N) is 1. The van der Waals surface area contributed by atoms with Gasteiger partial charge in [0.05, 0.1) is 11.5 Å². The van der Waals surface area contributed by atoms with Crippen LogP contribution in [0.25, 0.3) is 11.1 Å². The van der Waals surface area contributed by atoms with Gasteiger partial charge in [0, 0.05) is 6.20 Å². The SMILES string of the molecule is CCCC(CC)CC(C(=O)Nc1ccc(C(=O)O)cn1)c1ccc(-c2ccccc2)cc1. The minimum atomic E-state index is -1.04. The van der Waals surface area contributed by atoms with Crippen LogP contribution in [0.2, 0.25) is 0 Å². The highest BCUT2D eigenvalue weighted by atomic mass is 16.4. The molecule has 3 aromatic rings. The third-order valence-corrected chi connectivity index (χ3v) is 5.84. The fourth-order valence-corrected chi connectivity index (χ4v) is 3.97. The summed E-state index contributed by atoms with van der Waals surface area (Å²) in [4.78, 5) is 28.4. The number of aromatic nitrogens is 1. The van der Waals surface area contributed by atoms with Crippen molar-refractivity contribution in [1.82, 2.24) is 4.98 Å². The minimum absolute atomic E-state index is 0.0880. The molecular formula is C27H30N2O3. The van der Waals surface area contributed by atoms with E-state index in [4.69, 9.17) is 5.11 Å². The van der Waals surface area contributed by atoms with Crippen molar-refractivity contribution in [2.24, 2.45) is 5.92 Å². The van der Waals surface area contributed by atoms with E-state index in [9.17, 15) is 9.59 Å². The van der Waals surface area contributed by atoms with E-state index in [2.05, 4.69) is 48.4 Å². The van der Waals surface area contributed by atoms with E-state index in [-0.39, 0.29) is 17.4 Å². The lowest BCUT2D eigenvalue weighted by Crippen LogP contribution is -2.24. The van der Waals surface area contributed by atoms with Crippen LogP contribution in [0.1, 0.15) is 61.4 Å². The minimum Gasteiger partial charge on any atom is -0.478 e. The van der Waals surface area contributed by atoms with Crippen molar-refractivity contribution in [3.8, 4) is 11.1 Å². The molecule has 0 aliphatic heterocycles. The van der Waals surface area contributed by atoms with Gasteiger partial charge in [0.1, 0.15) is 5.82 Å². The number of carboxylic acid groups (broad SMARTS) is 1. The summed E-state index contributed by atoms with van der Waals surface area (Å²) in [7, 11) is 0. The van der Waals surface area contributed by atoms with E-state index in [1.54, 1.807) is 0 Å². The van der Waals surface area contributed by atoms with Crippen molar-refractivity contribution in [2.75, 3.05) is 5.32 Å². The first-order valence-corrected chi connectivity index (χ1v) is 11.2. The molecule has 32 heavy (non-hydrogen) atoms. The van der Waals surface area contributed by atoms with Crippen LogP contribution >= 0.6 is 0 Å². The van der Waals surface area contributed by atoms with Gasteiger partial charge >= 0.3 is 5.97 Å². The summed E-state index contributed by atoms with van der Waals surface area (Å²) in [6.45, 7) is 4.33. The normalized spacial score (nSPS) is 12.7. The van der Waals surface area contributed by atoms with Gasteiger partial charge in [-0.15, -0.1) is 0 Å². The molecule has 1 aromatic heterocycles. The van der Waals surface area contributed by atoms with Crippen LogP contribution in [0.5, 0.6) is 0 Å². The Morgan fingerprint density at radius 2 is 1.62 bits per heavy atom. The molecule has 0 spiro atoms. The Morgan fingerprint density at radius 1 is 0.938 bits per heavy atom. The molecule has 2 aromatic carbocycles. The predicted molar refractivity (Wildman–Crippen MR) is 128 cm³/mol. The van der Waals surface area contributed by atoms with Crippen molar-refractivity contribution in [3.63, 3.8) is 0 Å². The zero-order chi connectivity index (χ0) is 22.9. The molecule has 1 heterocycles. The number of carboxylic acids is 1. The van der Waals surface area contributed by atoms with E-state index in [1.807, 2.05) is 30.3 Å². The van der Waals surface area contributed by atoms with Crippen LogP contribution in [-0.2, 0) is 4.79 Å². The number of carbonyl (C=O) groups is 2. The van der Waals surface area contributed by atoms with Gasteiger partial charge in [-0.25, -0.2) is 9.78 Å². The number of carbonyl (C=O) groups excluding carboxylic acids is 1. The third kappa shape index (κ3) is 6.03. The highest BCUT2D eigenvalue weighted by Crippen LogP contribution is 2.31. The molecule has 0 radical (unpaired) electrons. The zero-order valence-electron chi connectivity index (χ0n) is 18.6. The highest BCUT2D eigenvalue weighted by molar-refractivity contribution is 5.95. The molecule has 2 N–H and O–H groups in total. The van der Waals surface area contributed by atoms with Crippen LogP contribution in [-0.4, -0.2) is 22.0 Å². The van der Waals surface area contributed by atoms with Gasteiger partial charge in [-0.2, -0.15) is 0 Å². The van der Waals surface area contributed by atoms with Gasteiger partial charge < -0.3 is 10.4 Å². The van der Waals surface area contributed by atoms with Crippen molar-refractivity contribution < 1.29 is 14.7 Å². The summed E-state index contributed by atoms with van der Waals surface area (Å²) in [5, 5.41) is 11.9. The Labute approximate surface area is 189 Å². The monoisotopic (exact) mass is 430 g/mol. The van der Waals surface area contributed by atoms with E-state index in [1.165, 1.54) is 18.3 Å². The Morgan fingerprint density at radius 3 is 2.19 bits per heavy atom. The van der Waals surface area contributed by atoms with E-state index in [0.29, 0.717) is 11.7 Å². The summed E-state index contributed by atoms with van der Waals surface area (Å²) in [5.74, 6) is -0.668. The number of hydrogen-bond acceptors (Lipinski definition) is 3. The molecular weight excluding hydrogens is 400 g/mol. The maximum Gasteiger partial charge on any atom is 0.337 e. The van der Waals surface area contributed by atoms with Crippen molar-refractivity contribution in [2.45, 2.75) is 45.4 Å². The second-order valence-electron chi connectivity index (χ2n) is 8.07. The Bertz CT molecular complexity index is 1020. The molecule has 166 valence electrons. The van der Waals surface area contributed by atoms with Gasteiger partial charge in [-0.1, -0.05) is 87.7 Å². The topological polar surface area (TPSA) is 79.3 Å². The molecule has 0 fully saturated rings. The van der Waals surface area contributed by atoms with Crippen LogP contribution in [0.3, 0.4) is 0 Å². The van der Waals surface area contributed by atoms with E-state index >= 15 is 0 Å². The fourth-order valence-electron chi connectivity index (χ4n) is 3.97. The number of benzene rings is 2. The number of anilines is 1. The van der Waals surface area contributed by atoms with Crippen LogP contribution in [0, 0.1) is 5.92 Å². The maximum absolute atomic E-state index is 13.3. The Balaban J connectivity index is 1.83. The number of nitrogens with one attached hydrogen (secondary N) is 1. The summed E-state index contributed by atoms with van der Waals surface area (Å²) in [6.07, 6.45) is 5.19. The number of aromatic carboxylic acids is 1. The largest absolute Gasteiger partial charge is 0.478 e. The quantitative estimate of drug-likeness (QED) is 0.391. The van der Waals surface area contributed by atoms with Crippen molar-refractivity contribution in [3.05, 3.63) is 84.1 Å². The van der Waals surface area contributed by atoms with Crippen LogP contribution in [0.4, 0.5) is 5.82 Å². The average Bonchev–Trinajstić information content (AvgIpc) is 2.82. The molecule has 0 saturated heterocycles. The molecule has 0 saturated carbocycles. The second kappa shape index (κ2) is 11.2. The average molecular weight is 431 g/mol. The molecule has 1 amide bonds. The summed E-state index contributed by atoms with van der Waals surface area (Å²) in [5.41, 5.74) is 3.31. The number of hydrogen-bond donors (Lipinski definition) is 2. The molecule has 2 atom stereocenters. The fraction of sp³-hybridized carbons (Fsp3) is 0.296. The molecule has 5 heteroatoms. The van der Waals surface area contributed by atoms with Crippen LogP contribution < -0.4 is 5.32 Å². The van der Waals surface area contributed by atoms with E-state index < -0.39 is 5.97 Å². The number of amides is 1. The summed E-state index contributed by atoms with van der Waals surface area (Å²) >= 11 is 0. The van der Waals surface area contributed by atoms with Gasteiger partial charge in [-0.3, -0.25) is 4.79 Å². The third-order valence-electron chi connectivity index (χ3n) is 5.84. The van der Waals surface area contributed by atoms with Gasteiger partial charge in [0.25, 0.3) is 0 Å². The Kier molecular flexibility index (Phi) is 8.14. The molecule has 0 aliphatic carbocycles. The lowest BCUT2D eigenvalue weighted by Gasteiger charge is -2.22. The maximum atomic E-state index is 13.3. The summed E-state index contributed by atoms with van der Waals surface area (Å²) in [6, 6.07) is 21.3. The van der Waals surface area contributed by atoms with Gasteiger partial charge in [0.2, 0.25) is 5.91 Å². The molecule has 0 aliphatic rings. The van der Waals surface area contributed by atoms with Crippen molar-refractivity contribution in [1.29, 1.82) is 0 Å². The highest BCUT2D eigenvalue weighted by Gasteiger charge is 2.24. The summed E-state index contributed by atoms with van der Waals surface area (Å²) < 4.78 is 0. The molecule has 5 nitrogen and oxygen atoms in total. The number of rotatable bonds is 10. The van der Waals surface area contributed by atoms with Crippen molar-refractivity contribution >= 4 is 17.7 Å². The first kappa shape index (κ1) is 23.2. The predicted octanol–water partition coefficient (Wildman–Crippen LogP) is 6.39. The molecule has 0 bridgehead atoms. The molecule has 3 rings (SSSR count). The first-order valence-electron chi connectivity index (χ1n) is 11.2. The Hall–Kier alpha value is -3.47. The zero-order valence-corrected chi connectivity index (χ0v) is 18.6. The lowest BCUT2D eigenvalue weighted by molar-refractivity contribution is -0.118. The standard InChI is InChI=1S/C27H30N2O3/c1-3-8-19(4-2)17-24(26(30)29-25-16-15-23(18-28-25)27(31)32)22-13-11-21(12-14-22)20-9-6-5-7-10-20/h5-7,9-16,18-19,24H,3-4,8,17H2,1-2H3,(H,31,32)(H,28,29,30). The molecule has 2 unspecified atom stereocenters. The second-order valence-corrected chi connectivity index (χ2v) is 8.07. The van der Waals surface area contributed by atoms with E-state index in [0.717, 1.165) is 42.4 Å². The number of pyridine rings is 1. The van der Waals surface area contributed by atoms with Gasteiger partial charge in [0.15, 0.2) is 0 Å². The lowest BCUT2D eigenvalue weighted by atomic mass is 9.84. The van der Waals surface area contributed by atoms with Gasteiger partial charge in [-0.05, 0) is 41.2 Å².